The number of nitrogens with zero attached hydrogens (tertiary/aromatic N) is 4. The van der Waals surface area contributed by atoms with Gasteiger partial charge in [-0.15, -0.1) is 0 Å². The number of aromatic nitrogens is 4. The molecular formula is C57H36N4O. The Morgan fingerprint density at radius 2 is 0.823 bits per heavy atom. The van der Waals surface area contributed by atoms with Crippen molar-refractivity contribution in [2.75, 3.05) is 0 Å². The number of furan rings is 1. The highest BCUT2D eigenvalue weighted by molar-refractivity contribution is 6.23. The predicted octanol–water partition coefficient (Wildman–Crippen LogP) is 14.9. The fourth-order valence-electron chi connectivity index (χ4n) is 8.91. The van der Waals surface area contributed by atoms with Gasteiger partial charge in [-0.3, -0.25) is 0 Å². The average Bonchev–Trinajstić information content (AvgIpc) is 3.91. The number of benzene rings is 9. The molecule has 12 rings (SSSR count). The smallest absolute Gasteiger partial charge is 0.164 e. The Morgan fingerprint density at radius 3 is 1.45 bits per heavy atom. The van der Waals surface area contributed by atoms with Crippen molar-refractivity contribution >= 4 is 43.7 Å². The van der Waals surface area contributed by atoms with E-state index >= 15 is 0 Å². The second-order valence-electron chi connectivity index (χ2n) is 15.6. The van der Waals surface area contributed by atoms with Crippen molar-refractivity contribution in [1.29, 1.82) is 0 Å². The standard InChI is InChI=1S/C57H36N4O/c1-4-15-37(16-5-1)40-29-31-45(32-30-40)61-50-27-11-10-25-46(50)47-33-34-48-52-49(26-14-28-51(52)62-54(48)53(47)61)57-59-55(43-23-12-21-41(35-43)38-17-6-2-7-18-38)58-56(60-57)44-24-13-22-42(36-44)39-19-8-3-9-20-39/h1-36H. The summed E-state index contributed by atoms with van der Waals surface area (Å²) in [4.78, 5) is 15.7. The Bertz CT molecular complexity index is 3510. The van der Waals surface area contributed by atoms with Crippen molar-refractivity contribution in [2.24, 2.45) is 0 Å². The summed E-state index contributed by atoms with van der Waals surface area (Å²) in [6, 6.07) is 76.2. The number of para-hydroxylation sites is 1. The number of hydrogen-bond donors (Lipinski definition) is 0. The summed E-state index contributed by atoms with van der Waals surface area (Å²) in [5.74, 6) is 1.77. The van der Waals surface area contributed by atoms with Gasteiger partial charge in [0.2, 0.25) is 0 Å². The molecule has 290 valence electrons. The molecule has 0 amide bonds. The van der Waals surface area contributed by atoms with Crippen LogP contribution in [0.4, 0.5) is 0 Å². The van der Waals surface area contributed by atoms with Crippen LogP contribution < -0.4 is 0 Å². The zero-order chi connectivity index (χ0) is 41.0. The van der Waals surface area contributed by atoms with E-state index in [-0.39, 0.29) is 0 Å². The molecule has 5 nitrogen and oxygen atoms in total. The summed E-state index contributed by atoms with van der Waals surface area (Å²) in [6.07, 6.45) is 0. The normalized spacial score (nSPS) is 11.5. The molecule has 0 aliphatic rings. The van der Waals surface area contributed by atoms with Crippen LogP contribution in [0.15, 0.2) is 223 Å². The summed E-state index contributed by atoms with van der Waals surface area (Å²) < 4.78 is 9.32. The van der Waals surface area contributed by atoms with Gasteiger partial charge in [-0.1, -0.05) is 176 Å². The quantitative estimate of drug-likeness (QED) is 0.161. The van der Waals surface area contributed by atoms with Crippen LogP contribution in [0.2, 0.25) is 0 Å². The highest BCUT2D eigenvalue weighted by Gasteiger charge is 2.23. The third kappa shape index (κ3) is 6.06. The zero-order valence-electron chi connectivity index (χ0n) is 33.5. The molecule has 0 atom stereocenters. The van der Waals surface area contributed by atoms with Crippen molar-refractivity contribution < 1.29 is 4.42 Å². The number of fused-ring (bicyclic) bond motifs is 7. The predicted molar refractivity (Wildman–Crippen MR) is 254 cm³/mol. The summed E-state index contributed by atoms with van der Waals surface area (Å²) in [6.45, 7) is 0. The largest absolute Gasteiger partial charge is 0.454 e. The minimum absolute atomic E-state index is 0.575. The van der Waals surface area contributed by atoms with E-state index in [0.717, 1.165) is 83.0 Å². The number of rotatable bonds is 7. The van der Waals surface area contributed by atoms with E-state index in [0.29, 0.717) is 17.5 Å². The van der Waals surface area contributed by atoms with Gasteiger partial charge in [0.25, 0.3) is 0 Å². The van der Waals surface area contributed by atoms with Gasteiger partial charge >= 0.3 is 0 Å². The van der Waals surface area contributed by atoms with Crippen LogP contribution in [0.5, 0.6) is 0 Å². The maximum atomic E-state index is 6.98. The van der Waals surface area contributed by atoms with Crippen LogP contribution in [0.1, 0.15) is 0 Å². The topological polar surface area (TPSA) is 56.7 Å². The molecule has 0 spiro atoms. The van der Waals surface area contributed by atoms with Crippen molar-refractivity contribution in [3.8, 4) is 73.2 Å². The van der Waals surface area contributed by atoms with Crippen molar-refractivity contribution in [3.05, 3.63) is 218 Å². The van der Waals surface area contributed by atoms with Gasteiger partial charge in [0.1, 0.15) is 5.58 Å². The lowest BCUT2D eigenvalue weighted by atomic mass is 10.0. The van der Waals surface area contributed by atoms with Crippen LogP contribution in [0.25, 0.3) is 117 Å². The first-order valence-corrected chi connectivity index (χ1v) is 20.8. The average molecular weight is 793 g/mol. The van der Waals surface area contributed by atoms with Crippen LogP contribution in [-0.2, 0) is 0 Å². The molecule has 62 heavy (non-hydrogen) atoms. The van der Waals surface area contributed by atoms with Gasteiger partial charge in [-0.25, -0.2) is 15.0 Å². The van der Waals surface area contributed by atoms with E-state index in [2.05, 4.69) is 193 Å². The highest BCUT2D eigenvalue weighted by Crippen LogP contribution is 2.43. The Hall–Kier alpha value is -8.41. The first-order chi connectivity index (χ1) is 30.7. The van der Waals surface area contributed by atoms with E-state index < -0.39 is 0 Å². The molecule has 0 aliphatic carbocycles. The van der Waals surface area contributed by atoms with Gasteiger partial charge in [-0.2, -0.15) is 0 Å². The van der Waals surface area contributed by atoms with E-state index in [4.69, 9.17) is 19.4 Å². The molecule has 0 radical (unpaired) electrons. The molecule has 0 saturated carbocycles. The Kier molecular flexibility index (Phi) is 8.42. The second-order valence-corrected chi connectivity index (χ2v) is 15.6. The Labute approximate surface area is 357 Å². The molecule has 9 aromatic carbocycles. The lowest BCUT2D eigenvalue weighted by Gasteiger charge is -2.11. The lowest BCUT2D eigenvalue weighted by molar-refractivity contribution is 0.671. The zero-order valence-corrected chi connectivity index (χ0v) is 33.5. The summed E-state index contributed by atoms with van der Waals surface area (Å²) in [5, 5.41) is 4.25. The first-order valence-electron chi connectivity index (χ1n) is 20.8. The van der Waals surface area contributed by atoms with Crippen LogP contribution in [-0.4, -0.2) is 19.5 Å². The van der Waals surface area contributed by atoms with Crippen molar-refractivity contribution in [3.63, 3.8) is 0 Å². The van der Waals surface area contributed by atoms with Gasteiger partial charge in [0.05, 0.1) is 11.0 Å². The molecule has 3 aromatic heterocycles. The van der Waals surface area contributed by atoms with Gasteiger partial charge in [0, 0.05) is 43.9 Å². The fraction of sp³-hybridized carbons (Fsp3) is 0. The van der Waals surface area contributed by atoms with Crippen LogP contribution in [0.3, 0.4) is 0 Å². The van der Waals surface area contributed by atoms with E-state index in [1.807, 2.05) is 30.3 Å². The van der Waals surface area contributed by atoms with Crippen molar-refractivity contribution in [2.45, 2.75) is 0 Å². The summed E-state index contributed by atoms with van der Waals surface area (Å²) in [5.41, 5.74) is 14.3. The molecule has 0 bridgehead atoms. The molecule has 0 aliphatic heterocycles. The second kappa shape index (κ2) is 14.7. The maximum Gasteiger partial charge on any atom is 0.164 e. The SMILES string of the molecule is c1ccc(-c2ccc(-n3c4ccccc4c4ccc5c(oc6cccc(-c7nc(-c8cccc(-c9ccccc9)c8)nc(-c8cccc(-c9ccccc9)c8)n7)c65)c43)cc2)cc1. The molecule has 0 saturated heterocycles. The maximum absolute atomic E-state index is 6.98. The summed E-state index contributed by atoms with van der Waals surface area (Å²) in [7, 11) is 0. The molecule has 5 heteroatoms. The molecular weight excluding hydrogens is 757 g/mol. The first kappa shape index (κ1) is 35.5. The Morgan fingerprint density at radius 1 is 0.339 bits per heavy atom. The fourth-order valence-corrected chi connectivity index (χ4v) is 8.91. The van der Waals surface area contributed by atoms with E-state index in [9.17, 15) is 0 Å². The summed E-state index contributed by atoms with van der Waals surface area (Å²) >= 11 is 0. The van der Waals surface area contributed by atoms with Gasteiger partial charge in [-0.05, 0) is 75.8 Å². The molecule has 3 heterocycles. The van der Waals surface area contributed by atoms with Gasteiger partial charge in [0.15, 0.2) is 23.1 Å². The molecule has 0 fully saturated rings. The minimum Gasteiger partial charge on any atom is -0.454 e. The Balaban J connectivity index is 1.07. The third-order valence-electron chi connectivity index (χ3n) is 11.9. The third-order valence-corrected chi connectivity index (χ3v) is 11.9. The van der Waals surface area contributed by atoms with Gasteiger partial charge < -0.3 is 8.98 Å². The van der Waals surface area contributed by atoms with Crippen LogP contribution in [0, 0.1) is 0 Å². The van der Waals surface area contributed by atoms with Crippen molar-refractivity contribution in [1.82, 2.24) is 19.5 Å². The monoisotopic (exact) mass is 792 g/mol. The number of hydrogen-bond acceptors (Lipinski definition) is 4. The van der Waals surface area contributed by atoms with Crippen LogP contribution >= 0.6 is 0 Å². The van der Waals surface area contributed by atoms with E-state index in [1.165, 1.54) is 16.5 Å². The van der Waals surface area contributed by atoms with E-state index in [1.54, 1.807) is 0 Å². The highest BCUT2D eigenvalue weighted by atomic mass is 16.3. The molecule has 0 unspecified atom stereocenters. The minimum atomic E-state index is 0.575. The molecule has 0 N–H and O–H groups in total. The molecule has 12 aromatic rings. The lowest BCUT2D eigenvalue weighted by Crippen LogP contribution is -2.00.